The first-order valence-corrected chi connectivity index (χ1v) is 10.5. The summed E-state index contributed by atoms with van der Waals surface area (Å²) in [7, 11) is 0. The lowest BCUT2D eigenvalue weighted by Gasteiger charge is -2.36. The standard InChI is InChI=1S/C26H26N2O4/c27-23(17-20-12-6-2-7-13-20)24-18-22(16-19-10-4-1-5-11-19)28(32-24)26(31,25(29)30)21-14-8-3-9-15-21/h1-15,18,23-24,31H,16-17,27H2,(H,29,30)/t23-,24-,26-/m1/s1. The molecule has 3 aromatic rings. The smallest absolute Gasteiger partial charge is 0.364 e. The van der Waals surface area contributed by atoms with E-state index in [1.807, 2.05) is 66.7 Å². The number of hydrogen-bond donors (Lipinski definition) is 3. The van der Waals surface area contributed by atoms with E-state index in [1.54, 1.807) is 30.3 Å². The fourth-order valence-corrected chi connectivity index (χ4v) is 3.90. The van der Waals surface area contributed by atoms with Crippen molar-refractivity contribution in [2.75, 3.05) is 0 Å². The molecule has 0 saturated carbocycles. The van der Waals surface area contributed by atoms with E-state index < -0.39 is 23.8 Å². The lowest BCUT2D eigenvalue weighted by Crippen LogP contribution is -2.52. The van der Waals surface area contributed by atoms with Crippen molar-refractivity contribution in [3.63, 3.8) is 0 Å². The molecule has 6 heteroatoms. The molecule has 4 rings (SSSR count). The summed E-state index contributed by atoms with van der Waals surface area (Å²) >= 11 is 0. The highest BCUT2D eigenvalue weighted by Crippen LogP contribution is 2.36. The van der Waals surface area contributed by atoms with Gasteiger partial charge in [0.1, 0.15) is 6.10 Å². The highest BCUT2D eigenvalue weighted by Gasteiger charge is 2.50. The number of hydrogen-bond acceptors (Lipinski definition) is 5. The maximum Gasteiger partial charge on any atom is 0.364 e. The van der Waals surface area contributed by atoms with Crippen LogP contribution in [0.15, 0.2) is 103 Å². The van der Waals surface area contributed by atoms with Crippen molar-refractivity contribution < 1.29 is 19.8 Å². The van der Waals surface area contributed by atoms with Gasteiger partial charge in [-0.05, 0) is 23.6 Å². The first-order chi connectivity index (χ1) is 15.5. The van der Waals surface area contributed by atoms with Crippen LogP contribution < -0.4 is 5.73 Å². The summed E-state index contributed by atoms with van der Waals surface area (Å²) in [6.07, 6.45) is 2.16. The summed E-state index contributed by atoms with van der Waals surface area (Å²) in [6.45, 7) is 0. The summed E-state index contributed by atoms with van der Waals surface area (Å²) < 4.78 is 0. The zero-order chi connectivity index (χ0) is 22.6. The molecular weight excluding hydrogens is 404 g/mol. The SMILES string of the molecule is N[C@H](Cc1ccccc1)[C@H]1C=C(Cc2ccccc2)N([C@](O)(C(=O)O)c2ccccc2)O1. The van der Waals surface area contributed by atoms with Gasteiger partial charge in [0, 0.05) is 23.7 Å². The number of benzene rings is 3. The Hall–Kier alpha value is -3.45. The predicted molar refractivity (Wildman–Crippen MR) is 121 cm³/mol. The van der Waals surface area contributed by atoms with Crippen LogP contribution in [0.1, 0.15) is 16.7 Å². The molecule has 0 radical (unpaired) electrons. The summed E-state index contributed by atoms with van der Waals surface area (Å²) in [6, 6.07) is 27.2. The van der Waals surface area contributed by atoms with Crippen LogP contribution in [0.2, 0.25) is 0 Å². The largest absolute Gasteiger partial charge is 0.477 e. The minimum atomic E-state index is -2.40. The second kappa shape index (κ2) is 9.36. The predicted octanol–water partition coefficient (Wildman–Crippen LogP) is 3.23. The van der Waals surface area contributed by atoms with Gasteiger partial charge in [-0.15, -0.1) is 0 Å². The van der Waals surface area contributed by atoms with E-state index in [4.69, 9.17) is 10.6 Å². The van der Waals surface area contributed by atoms with Crippen LogP contribution >= 0.6 is 0 Å². The topological polar surface area (TPSA) is 96.0 Å². The van der Waals surface area contributed by atoms with Gasteiger partial charge in [-0.2, -0.15) is 0 Å². The number of allylic oxidation sites excluding steroid dienone is 1. The van der Waals surface area contributed by atoms with E-state index >= 15 is 0 Å². The second-order valence-electron chi connectivity index (χ2n) is 7.88. The molecule has 1 aliphatic heterocycles. The summed E-state index contributed by atoms with van der Waals surface area (Å²) in [5.41, 5.74) is 6.82. The number of hydroxylamine groups is 2. The molecule has 0 aromatic heterocycles. The Morgan fingerprint density at radius 1 is 0.938 bits per heavy atom. The molecule has 6 nitrogen and oxygen atoms in total. The van der Waals surface area contributed by atoms with E-state index in [0.29, 0.717) is 18.5 Å². The van der Waals surface area contributed by atoms with E-state index in [-0.39, 0.29) is 5.56 Å². The Balaban J connectivity index is 1.68. The fourth-order valence-electron chi connectivity index (χ4n) is 3.90. The Morgan fingerprint density at radius 3 is 2.03 bits per heavy atom. The van der Waals surface area contributed by atoms with Gasteiger partial charge in [-0.3, -0.25) is 4.84 Å². The molecule has 0 amide bonds. The summed E-state index contributed by atoms with van der Waals surface area (Å²) in [4.78, 5) is 18.4. The molecular formula is C26H26N2O4. The third-order valence-electron chi connectivity index (χ3n) is 5.58. The van der Waals surface area contributed by atoms with Gasteiger partial charge in [0.05, 0.1) is 0 Å². The minimum Gasteiger partial charge on any atom is -0.477 e. The van der Waals surface area contributed by atoms with Gasteiger partial charge in [-0.1, -0.05) is 91.0 Å². The lowest BCUT2D eigenvalue weighted by atomic mass is 9.99. The molecule has 0 bridgehead atoms. The van der Waals surface area contributed by atoms with E-state index in [2.05, 4.69) is 0 Å². The number of carboxylic acid groups (broad SMARTS) is 1. The van der Waals surface area contributed by atoms with Gasteiger partial charge in [-0.25, -0.2) is 9.86 Å². The number of aliphatic hydroxyl groups is 1. The Bertz CT molecular complexity index is 1070. The molecule has 1 heterocycles. The number of nitrogens with zero attached hydrogens (tertiary/aromatic N) is 1. The van der Waals surface area contributed by atoms with Gasteiger partial charge < -0.3 is 15.9 Å². The second-order valence-corrected chi connectivity index (χ2v) is 7.88. The Kier molecular flexibility index (Phi) is 6.37. The first-order valence-electron chi connectivity index (χ1n) is 10.5. The molecule has 0 aliphatic carbocycles. The Morgan fingerprint density at radius 2 is 1.47 bits per heavy atom. The van der Waals surface area contributed by atoms with E-state index in [0.717, 1.165) is 16.2 Å². The average molecular weight is 431 g/mol. The first kappa shape index (κ1) is 21.8. The van der Waals surface area contributed by atoms with Crippen molar-refractivity contribution in [3.8, 4) is 0 Å². The number of carbonyl (C=O) groups is 1. The molecule has 32 heavy (non-hydrogen) atoms. The quantitative estimate of drug-likeness (QED) is 0.508. The number of nitrogens with two attached hydrogens (primary N) is 1. The maximum atomic E-state index is 12.3. The van der Waals surface area contributed by atoms with Crippen LogP contribution in [-0.4, -0.2) is 33.4 Å². The van der Waals surface area contributed by atoms with Crippen molar-refractivity contribution >= 4 is 5.97 Å². The van der Waals surface area contributed by atoms with Crippen molar-refractivity contribution in [1.29, 1.82) is 0 Å². The zero-order valence-electron chi connectivity index (χ0n) is 17.5. The molecule has 3 atom stereocenters. The average Bonchev–Trinajstić information content (AvgIpc) is 3.24. The maximum absolute atomic E-state index is 12.3. The lowest BCUT2D eigenvalue weighted by molar-refractivity contribution is -0.279. The number of carboxylic acids is 1. The van der Waals surface area contributed by atoms with Crippen molar-refractivity contribution in [2.45, 2.75) is 30.7 Å². The van der Waals surface area contributed by atoms with Gasteiger partial charge in [0.25, 0.3) is 5.72 Å². The van der Waals surface area contributed by atoms with Crippen LogP contribution in [-0.2, 0) is 28.2 Å². The van der Waals surface area contributed by atoms with Crippen LogP contribution in [0, 0.1) is 0 Å². The zero-order valence-corrected chi connectivity index (χ0v) is 17.5. The molecule has 0 spiro atoms. The monoisotopic (exact) mass is 430 g/mol. The third-order valence-corrected chi connectivity index (χ3v) is 5.58. The van der Waals surface area contributed by atoms with E-state index in [9.17, 15) is 15.0 Å². The van der Waals surface area contributed by atoms with Crippen molar-refractivity contribution in [1.82, 2.24) is 5.06 Å². The molecule has 0 fully saturated rings. The van der Waals surface area contributed by atoms with Gasteiger partial charge in [0.15, 0.2) is 0 Å². The highest BCUT2D eigenvalue weighted by molar-refractivity contribution is 5.78. The summed E-state index contributed by atoms with van der Waals surface area (Å²) in [5.74, 6) is -1.43. The van der Waals surface area contributed by atoms with Crippen LogP contribution in [0.4, 0.5) is 0 Å². The number of aliphatic carboxylic acids is 1. The minimum absolute atomic E-state index is 0.198. The number of rotatable bonds is 8. The van der Waals surface area contributed by atoms with Gasteiger partial charge >= 0.3 is 5.97 Å². The molecule has 0 saturated heterocycles. The molecule has 0 unspecified atom stereocenters. The van der Waals surface area contributed by atoms with Crippen LogP contribution in [0.25, 0.3) is 0 Å². The Labute approximate surface area is 187 Å². The van der Waals surface area contributed by atoms with Crippen LogP contribution in [0.5, 0.6) is 0 Å². The van der Waals surface area contributed by atoms with Crippen LogP contribution in [0.3, 0.4) is 0 Å². The van der Waals surface area contributed by atoms with Crippen molar-refractivity contribution in [3.05, 3.63) is 119 Å². The molecule has 1 aliphatic rings. The fraction of sp³-hybridized carbons (Fsp3) is 0.192. The molecule has 3 aromatic carbocycles. The van der Waals surface area contributed by atoms with Crippen molar-refractivity contribution in [2.24, 2.45) is 5.73 Å². The summed E-state index contributed by atoms with van der Waals surface area (Å²) in [5, 5.41) is 22.6. The molecule has 4 N–H and O–H groups in total. The van der Waals surface area contributed by atoms with Gasteiger partial charge in [0.2, 0.25) is 0 Å². The molecule has 164 valence electrons. The van der Waals surface area contributed by atoms with E-state index in [1.165, 1.54) is 0 Å². The third kappa shape index (κ3) is 4.43. The normalized spacial score (nSPS) is 18.6. The highest BCUT2D eigenvalue weighted by atomic mass is 16.7.